The fourth-order valence-electron chi connectivity index (χ4n) is 6.08. The normalized spacial score (nSPS) is 23.1. The molecule has 9 heteroatoms. The van der Waals surface area contributed by atoms with Crippen LogP contribution in [0.3, 0.4) is 0 Å². The fraction of sp³-hybridized carbons (Fsp3) is 0.548. The molecule has 3 fully saturated rings. The van der Waals surface area contributed by atoms with Crippen LogP contribution in [0.1, 0.15) is 103 Å². The standard InChI is InChI=1S/C31H39N5O4/c1-31(30(33)38)16-40-28-23(31)13-24(36-27(28)18-5-3-4-6-18)22(17-7-8-17)15-35-29(37)19-11-20(14-34-21-9-10-21)26(32)25(12-19)39-2/h11-14,17-18,21-22H,3-10,15-16,32H2,1-2H3,(H2,33,38)(H,35,37)/t22-,31-/m0/s1. The van der Waals surface area contributed by atoms with E-state index >= 15 is 0 Å². The van der Waals surface area contributed by atoms with Crippen LogP contribution in [0.5, 0.6) is 11.5 Å². The van der Waals surface area contributed by atoms with Crippen molar-refractivity contribution >= 4 is 23.7 Å². The van der Waals surface area contributed by atoms with Crippen LogP contribution < -0.4 is 26.3 Å². The molecule has 5 N–H and O–H groups in total. The number of hydrogen-bond donors (Lipinski definition) is 3. The Kier molecular flexibility index (Phi) is 6.92. The van der Waals surface area contributed by atoms with Crippen molar-refractivity contribution in [3.8, 4) is 11.5 Å². The molecule has 0 radical (unpaired) electrons. The number of benzene rings is 1. The van der Waals surface area contributed by atoms with E-state index in [-0.39, 0.29) is 18.4 Å². The number of fused-ring (bicyclic) bond motifs is 1. The summed E-state index contributed by atoms with van der Waals surface area (Å²) in [5.74, 6) is 1.37. The molecule has 2 aromatic rings. The Morgan fingerprint density at radius 2 is 1.95 bits per heavy atom. The van der Waals surface area contributed by atoms with Gasteiger partial charge in [-0.25, -0.2) is 0 Å². The zero-order valence-electron chi connectivity index (χ0n) is 23.4. The molecule has 3 saturated carbocycles. The van der Waals surface area contributed by atoms with Crippen LogP contribution in [0.25, 0.3) is 0 Å². The summed E-state index contributed by atoms with van der Waals surface area (Å²) in [5, 5.41) is 3.15. The highest BCUT2D eigenvalue weighted by Crippen LogP contribution is 2.49. The third-order valence-corrected chi connectivity index (χ3v) is 9.09. The summed E-state index contributed by atoms with van der Waals surface area (Å²) in [7, 11) is 1.54. The van der Waals surface area contributed by atoms with Gasteiger partial charge in [0.1, 0.15) is 23.5 Å². The molecule has 0 spiro atoms. The lowest BCUT2D eigenvalue weighted by molar-refractivity contribution is -0.123. The van der Waals surface area contributed by atoms with Gasteiger partial charge in [0.2, 0.25) is 5.91 Å². The van der Waals surface area contributed by atoms with Gasteiger partial charge in [0, 0.05) is 47.0 Å². The summed E-state index contributed by atoms with van der Waals surface area (Å²) in [6, 6.07) is 5.80. The zero-order valence-corrected chi connectivity index (χ0v) is 23.4. The molecule has 212 valence electrons. The topological polar surface area (TPSA) is 142 Å². The number of carbonyl (C=O) groups is 2. The highest BCUT2D eigenvalue weighted by Gasteiger charge is 2.45. The molecule has 0 saturated heterocycles. The third kappa shape index (κ3) is 5.02. The van der Waals surface area contributed by atoms with E-state index in [1.54, 1.807) is 25.5 Å². The number of carbonyl (C=O) groups excluding carboxylic acids is 2. The molecule has 2 amide bonds. The second kappa shape index (κ2) is 10.4. The maximum absolute atomic E-state index is 13.4. The van der Waals surface area contributed by atoms with Crippen LogP contribution in [0.15, 0.2) is 23.2 Å². The molecule has 2 heterocycles. The maximum atomic E-state index is 13.4. The van der Waals surface area contributed by atoms with Gasteiger partial charge < -0.3 is 26.3 Å². The number of nitrogens with one attached hydrogen (secondary N) is 1. The van der Waals surface area contributed by atoms with Crippen molar-refractivity contribution in [2.45, 2.75) is 81.6 Å². The lowest BCUT2D eigenvalue weighted by atomic mass is 9.81. The molecular formula is C31H39N5O4. The number of primary amides is 1. The Balaban J connectivity index is 1.28. The monoisotopic (exact) mass is 545 g/mol. The smallest absolute Gasteiger partial charge is 0.251 e. The number of ether oxygens (including phenoxy) is 2. The van der Waals surface area contributed by atoms with E-state index in [1.165, 1.54) is 12.8 Å². The van der Waals surface area contributed by atoms with Gasteiger partial charge in [-0.15, -0.1) is 0 Å². The quantitative estimate of drug-likeness (QED) is 0.305. The summed E-state index contributed by atoms with van der Waals surface area (Å²) in [4.78, 5) is 35.7. The third-order valence-electron chi connectivity index (χ3n) is 9.09. The summed E-state index contributed by atoms with van der Waals surface area (Å²) >= 11 is 0. The van der Waals surface area contributed by atoms with Gasteiger partial charge in [-0.05, 0) is 69.6 Å². The highest BCUT2D eigenvalue weighted by molar-refractivity contribution is 5.99. The van der Waals surface area contributed by atoms with E-state index in [0.717, 1.165) is 61.2 Å². The number of aromatic nitrogens is 1. The van der Waals surface area contributed by atoms with Gasteiger partial charge in [0.05, 0.1) is 24.5 Å². The second-order valence-electron chi connectivity index (χ2n) is 12.1. The van der Waals surface area contributed by atoms with Crippen molar-refractivity contribution in [3.05, 3.63) is 46.3 Å². The number of rotatable bonds is 10. The number of methoxy groups -OCH3 is 1. The number of nitrogens with two attached hydrogens (primary N) is 2. The molecule has 0 bridgehead atoms. The first kappa shape index (κ1) is 26.6. The van der Waals surface area contributed by atoms with E-state index in [4.69, 9.17) is 25.9 Å². The maximum Gasteiger partial charge on any atom is 0.251 e. The number of hydrogen-bond acceptors (Lipinski definition) is 7. The minimum Gasteiger partial charge on any atom is -0.495 e. The molecule has 0 unspecified atom stereocenters. The van der Waals surface area contributed by atoms with E-state index in [1.807, 2.05) is 13.0 Å². The minimum atomic E-state index is -0.892. The van der Waals surface area contributed by atoms with Gasteiger partial charge in [-0.2, -0.15) is 0 Å². The first-order valence-electron chi connectivity index (χ1n) is 14.6. The predicted molar refractivity (Wildman–Crippen MR) is 153 cm³/mol. The number of aliphatic imine (C=N–C) groups is 1. The van der Waals surface area contributed by atoms with E-state index in [2.05, 4.69) is 10.3 Å². The number of nitrogen functional groups attached to an aromatic ring is 1. The summed E-state index contributed by atoms with van der Waals surface area (Å²) < 4.78 is 11.6. The molecular weight excluding hydrogens is 506 g/mol. The number of pyridine rings is 1. The Hall–Kier alpha value is -3.62. The van der Waals surface area contributed by atoms with E-state index < -0.39 is 11.3 Å². The molecule has 6 rings (SSSR count). The van der Waals surface area contributed by atoms with Crippen LogP contribution in [-0.4, -0.2) is 49.3 Å². The minimum absolute atomic E-state index is 0.0266. The van der Waals surface area contributed by atoms with Gasteiger partial charge in [0.15, 0.2) is 0 Å². The van der Waals surface area contributed by atoms with Gasteiger partial charge in [-0.1, -0.05) is 12.8 Å². The van der Waals surface area contributed by atoms with Gasteiger partial charge >= 0.3 is 0 Å². The summed E-state index contributed by atoms with van der Waals surface area (Å²) in [5.41, 5.74) is 15.6. The molecule has 1 aromatic heterocycles. The van der Waals surface area contributed by atoms with Crippen molar-refractivity contribution in [3.63, 3.8) is 0 Å². The highest BCUT2D eigenvalue weighted by atomic mass is 16.5. The predicted octanol–water partition coefficient (Wildman–Crippen LogP) is 3.97. The van der Waals surface area contributed by atoms with Crippen LogP contribution in [0.2, 0.25) is 0 Å². The second-order valence-corrected chi connectivity index (χ2v) is 12.1. The molecule has 40 heavy (non-hydrogen) atoms. The molecule has 1 aromatic carbocycles. The van der Waals surface area contributed by atoms with Crippen molar-refractivity contribution in [2.24, 2.45) is 16.6 Å². The number of amides is 2. The average Bonchev–Trinajstić information content (AvgIpc) is 3.88. The van der Waals surface area contributed by atoms with Gasteiger partial charge in [0.25, 0.3) is 5.91 Å². The van der Waals surface area contributed by atoms with Crippen LogP contribution >= 0.6 is 0 Å². The van der Waals surface area contributed by atoms with Crippen LogP contribution in [-0.2, 0) is 10.2 Å². The summed E-state index contributed by atoms with van der Waals surface area (Å²) in [6.45, 7) is 2.53. The molecule has 9 nitrogen and oxygen atoms in total. The Labute approximate surface area is 235 Å². The van der Waals surface area contributed by atoms with Crippen molar-refractivity contribution < 1.29 is 19.1 Å². The van der Waals surface area contributed by atoms with Crippen molar-refractivity contribution in [1.82, 2.24) is 10.3 Å². The van der Waals surface area contributed by atoms with Crippen molar-refractivity contribution in [1.29, 1.82) is 0 Å². The molecule has 4 aliphatic rings. The molecule has 3 aliphatic carbocycles. The van der Waals surface area contributed by atoms with Crippen LogP contribution in [0.4, 0.5) is 5.69 Å². The number of anilines is 1. The fourth-order valence-corrected chi connectivity index (χ4v) is 6.08. The first-order chi connectivity index (χ1) is 19.3. The molecule has 2 atom stereocenters. The largest absolute Gasteiger partial charge is 0.495 e. The van der Waals surface area contributed by atoms with Crippen LogP contribution in [0, 0.1) is 5.92 Å². The lowest BCUT2D eigenvalue weighted by Crippen LogP contribution is -2.40. The Morgan fingerprint density at radius 1 is 1.20 bits per heavy atom. The average molecular weight is 546 g/mol. The van der Waals surface area contributed by atoms with E-state index in [0.29, 0.717) is 47.0 Å². The van der Waals surface area contributed by atoms with Crippen molar-refractivity contribution in [2.75, 3.05) is 26.0 Å². The van der Waals surface area contributed by atoms with Gasteiger partial charge in [-0.3, -0.25) is 19.6 Å². The first-order valence-corrected chi connectivity index (χ1v) is 14.6. The Morgan fingerprint density at radius 3 is 2.60 bits per heavy atom. The number of nitrogens with zero attached hydrogens (tertiary/aromatic N) is 2. The van der Waals surface area contributed by atoms with E-state index in [9.17, 15) is 9.59 Å². The Bertz CT molecular complexity index is 1360. The summed E-state index contributed by atoms with van der Waals surface area (Å²) in [6.07, 6.45) is 10.5. The zero-order chi connectivity index (χ0) is 28.0. The SMILES string of the molecule is COc1cc(C(=O)NC[C@H](c2cc3c(c(C4CCCC4)n2)OC[C@]3(C)C(N)=O)C2CC2)cc(C=NC2CC2)c1N. The lowest BCUT2D eigenvalue weighted by Gasteiger charge is -2.23. The molecule has 1 aliphatic heterocycles.